The van der Waals surface area contributed by atoms with Crippen LogP contribution < -0.4 is 5.32 Å². The number of aromatic nitrogens is 1. The van der Waals surface area contributed by atoms with Gasteiger partial charge in [-0.15, -0.1) is 11.3 Å². The fourth-order valence-electron chi connectivity index (χ4n) is 1.36. The van der Waals surface area contributed by atoms with Crippen LogP contribution in [0.15, 0.2) is 30.5 Å². The van der Waals surface area contributed by atoms with Gasteiger partial charge in [0.15, 0.2) is 5.13 Å². The normalized spacial score (nSPS) is 10.8. The van der Waals surface area contributed by atoms with Crippen molar-refractivity contribution in [2.24, 2.45) is 0 Å². The summed E-state index contributed by atoms with van der Waals surface area (Å²) in [4.78, 5) is 5.39. The molecule has 0 atom stereocenters. The summed E-state index contributed by atoms with van der Waals surface area (Å²) in [5, 5.41) is 3.87. The van der Waals surface area contributed by atoms with Crippen LogP contribution in [0, 0.1) is 0 Å². The van der Waals surface area contributed by atoms with Crippen LogP contribution in [0.3, 0.4) is 0 Å². The van der Waals surface area contributed by atoms with Gasteiger partial charge in [0.2, 0.25) is 0 Å². The van der Waals surface area contributed by atoms with Gasteiger partial charge in [0.1, 0.15) is 0 Å². The zero-order valence-corrected chi connectivity index (χ0v) is 10.1. The van der Waals surface area contributed by atoms with E-state index < -0.39 is 6.43 Å². The highest BCUT2D eigenvalue weighted by atomic mass is 32.1. The molecule has 2 nitrogen and oxygen atoms in total. The third kappa shape index (κ3) is 3.00. The molecule has 0 unspecified atom stereocenters. The zero-order valence-electron chi connectivity index (χ0n) is 9.28. The SMILES string of the molecule is CCc1cnc(Nc2ccc(C(F)F)cc2)s1. The highest BCUT2D eigenvalue weighted by Crippen LogP contribution is 2.25. The number of nitrogens with one attached hydrogen (secondary N) is 1. The van der Waals surface area contributed by atoms with E-state index >= 15 is 0 Å². The molecule has 0 bridgehead atoms. The van der Waals surface area contributed by atoms with E-state index in [1.54, 1.807) is 23.5 Å². The van der Waals surface area contributed by atoms with E-state index in [-0.39, 0.29) is 5.56 Å². The number of benzene rings is 1. The van der Waals surface area contributed by atoms with E-state index in [9.17, 15) is 8.78 Å². The Labute approximate surface area is 102 Å². The summed E-state index contributed by atoms with van der Waals surface area (Å²) in [5.41, 5.74) is 0.801. The number of halogens is 2. The van der Waals surface area contributed by atoms with E-state index in [4.69, 9.17) is 0 Å². The first-order valence-electron chi connectivity index (χ1n) is 5.29. The fraction of sp³-hybridized carbons (Fsp3) is 0.250. The van der Waals surface area contributed by atoms with Crippen molar-refractivity contribution in [2.75, 3.05) is 5.32 Å². The minimum atomic E-state index is -2.42. The molecule has 2 rings (SSSR count). The van der Waals surface area contributed by atoms with Crippen molar-refractivity contribution in [1.29, 1.82) is 0 Å². The summed E-state index contributed by atoms with van der Waals surface area (Å²) in [6, 6.07) is 6.10. The summed E-state index contributed by atoms with van der Waals surface area (Å²) in [5.74, 6) is 0. The third-order valence-electron chi connectivity index (χ3n) is 2.32. The number of alkyl halides is 2. The maximum Gasteiger partial charge on any atom is 0.263 e. The lowest BCUT2D eigenvalue weighted by atomic mass is 10.2. The molecule has 0 radical (unpaired) electrons. The van der Waals surface area contributed by atoms with E-state index in [1.165, 1.54) is 17.0 Å². The molecule has 0 saturated heterocycles. The Hall–Kier alpha value is -1.49. The van der Waals surface area contributed by atoms with Crippen LogP contribution in [-0.2, 0) is 6.42 Å². The Kier molecular flexibility index (Phi) is 3.68. The highest BCUT2D eigenvalue weighted by Gasteiger charge is 2.06. The number of hydrogen-bond donors (Lipinski definition) is 1. The quantitative estimate of drug-likeness (QED) is 0.875. The molecule has 0 aliphatic rings. The summed E-state index contributed by atoms with van der Waals surface area (Å²) in [6.07, 6.45) is 0.347. The molecule has 1 N–H and O–H groups in total. The zero-order chi connectivity index (χ0) is 12.3. The molecule has 0 spiro atoms. The maximum absolute atomic E-state index is 12.3. The van der Waals surface area contributed by atoms with Crippen molar-refractivity contribution in [3.8, 4) is 0 Å². The molecule has 0 saturated carbocycles. The van der Waals surface area contributed by atoms with Gasteiger partial charge in [-0.1, -0.05) is 19.1 Å². The van der Waals surface area contributed by atoms with Crippen LogP contribution in [0.25, 0.3) is 0 Å². The van der Waals surface area contributed by atoms with E-state index in [0.717, 1.165) is 17.2 Å². The van der Waals surface area contributed by atoms with Gasteiger partial charge in [-0.3, -0.25) is 0 Å². The van der Waals surface area contributed by atoms with Crippen LogP contribution >= 0.6 is 11.3 Å². The topological polar surface area (TPSA) is 24.9 Å². The Morgan fingerprint density at radius 2 is 2.00 bits per heavy atom. The molecule has 90 valence electrons. The second-order valence-electron chi connectivity index (χ2n) is 3.53. The van der Waals surface area contributed by atoms with Gasteiger partial charge in [0.05, 0.1) is 0 Å². The van der Waals surface area contributed by atoms with Crippen molar-refractivity contribution >= 4 is 22.2 Å². The molecule has 5 heteroatoms. The monoisotopic (exact) mass is 254 g/mol. The van der Waals surface area contributed by atoms with Gasteiger partial charge in [-0.2, -0.15) is 0 Å². The number of rotatable bonds is 4. The molecule has 1 aromatic carbocycles. The van der Waals surface area contributed by atoms with Gasteiger partial charge >= 0.3 is 0 Å². The largest absolute Gasteiger partial charge is 0.332 e. The van der Waals surface area contributed by atoms with Gasteiger partial charge in [-0.25, -0.2) is 13.8 Å². The maximum atomic E-state index is 12.3. The van der Waals surface area contributed by atoms with Crippen LogP contribution in [0.1, 0.15) is 23.8 Å². The predicted octanol–water partition coefficient (Wildman–Crippen LogP) is 4.39. The molecule has 0 amide bonds. The van der Waals surface area contributed by atoms with Gasteiger partial charge < -0.3 is 5.32 Å². The Morgan fingerprint density at radius 1 is 1.29 bits per heavy atom. The van der Waals surface area contributed by atoms with Crippen LogP contribution in [0.4, 0.5) is 19.6 Å². The predicted molar refractivity (Wildman–Crippen MR) is 66.2 cm³/mol. The molecule has 1 aromatic heterocycles. The van der Waals surface area contributed by atoms with E-state index in [2.05, 4.69) is 17.2 Å². The molecular weight excluding hydrogens is 242 g/mol. The van der Waals surface area contributed by atoms with Gasteiger partial charge in [-0.05, 0) is 18.6 Å². The lowest BCUT2D eigenvalue weighted by molar-refractivity contribution is 0.151. The van der Waals surface area contributed by atoms with Crippen molar-refractivity contribution in [3.05, 3.63) is 40.9 Å². The first-order valence-corrected chi connectivity index (χ1v) is 6.10. The molecule has 1 heterocycles. The van der Waals surface area contributed by atoms with E-state index in [0.29, 0.717) is 0 Å². The Bertz CT molecular complexity index is 480. The summed E-state index contributed by atoms with van der Waals surface area (Å²) < 4.78 is 24.7. The highest BCUT2D eigenvalue weighted by molar-refractivity contribution is 7.15. The van der Waals surface area contributed by atoms with E-state index in [1.807, 2.05) is 6.20 Å². The number of thiazole rings is 1. The lowest BCUT2D eigenvalue weighted by Crippen LogP contribution is -1.90. The molecule has 2 aromatic rings. The first kappa shape index (κ1) is 12.0. The van der Waals surface area contributed by atoms with Gasteiger partial charge in [0, 0.05) is 22.3 Å². The van der Waals surface area contributed by atoms with Crippen LogP contribution in [-0.4, -0.2) is 4.98 Å². The molecule has 0 fully saturated rings. The molecule has 0 aliphatic carbocycles. The first-order chi connectivity index (χ1) is 8.19. The Morgan fingerprint density at radius 3 is 2.53 bits per heavy atom. The van der Waals surface area contributed by atoms with Crippen molar-refractivity contribution in [2.45, 2.75) is 19.8 Å². The average molecular weight is 254 g/mol. The second kappa shape index (κ2) is 5.23. The molecule has 0 aliphatic heterocycles. The number of hydrogen-bond acceptors (Lipinski definition) is 3. The summed E-state index contributed by atoms with van der Waals surface area (Å²) in [6.45, 7) is 2.06. The minimum Gasteiger partial charge on any atom is -0.332 e. The fourth-order valence-corrected chi connectivity index (χ4v) is 2.14. The number of nitrogens with zero attached hydrogens (tertiary/aromatic N) is 1. The van der Waals surface area contributed by atoms with Crippen molar-refractivity contribution in [1.82, 2.24) is 4.98 Å². The summed E-state index contributed by atoms with van der Waals surface area (Å²) >= 11 is 1.57. The van der Waals surface area contributed by atoms with Crippen LogP contribution in [0.5, 0.6) is 0 Å². The van der Waals surface area contributed by atoms with Crippen LogP contribution in [0.2, 0.25) is 0 Å². The van der Waals surface area contributed by atoms with Crippen molar-refractivity contribution < 1.29 is 8.78 Å². The van der Waals surface area contributed by atoms with Crippen molar-refractivity contribution in [3.63, 3.8) is 0 Å². The standard InChI is InChI=1S/C12H12F2N2S/c1-2-10-7-15-12(17-10)16-9-5-3-8(4-6-9)11(13)14/h3-7,11H,2H2,1H3,(H,15,16). The Balaban J connectivity index is 2.08. The smallest absolute Gasteiger partial charge is 0.263 e. The minimum absolute atomic E-state index is 0.0314. The average Bonchev–Trinajstić information content (AvgIpc) is 2.77. The number of anilines is 2. The summed E-state index contributed by atoms with van der Waals surface area (Å²) in [7, 11) is 0. The molecule has 17 heavy (non-hydrogen) atoms. The lowest BCUT2D eigenvalue weighted by Gasteiger charge is -2.04. The van der Waals surface area contributed by atoms with Gasteiger partial charge in [0.25, 0.3) is 6.43 Å². The third-order valence-corrected chi connectivity index (χ3v) is 3.37. The second-order valence-corrected chi connectivity index (χ2v) is 4.65. The number of aryl methyl sites for hydroxylation is 1. The molecular formula is C12H12F2N2S.